The average Bonchev–Trinajstić information content (AvgIpc) is 2.59. The molecular weight excluding hydrogens is 340 g/mol. The molecule has 5 nitrogen and oxygen atoms in total. The van der Waals surface area contributed by atoms with Crippen LogP contribution in [0.1, 0.15) is 55.1 Å². The van der Waals surface area contributed by atoms with Crippen LogP contribution < -0.4 is 10.2 Å². The molecule has 0 spiro atoms. The van der Waals surface area contributed by atoms with Gasteiger partial charge in [0.25, 0.3) is 0 Å². The van der Waals surface area contributed by atoms with Gasteiger partial charge in [0, 0.05) is 18.2 Å². The zero-order valence-electron chi connectivity index (χ0n) is 16.5. The number of rotatable bonds is 6. The highest BCUT2D eigenvalue weighted by molar-refractivity contribution is 6.03. The van der Waals surface area contributed by atoms with Crippen LogP contribution in [0.25, 0.3) is 0 Å². The number of anilines is 2. The van der Waals surface area contributed by atoms with E-state index in [1.807, 2.05) is 25.1 Å². The van der Waals surface area contributed by atoms with Gasteiger partial charge in [-0.05, 0) is 43.0 Å². The first-order chi connectivity index (χ1) is 12.7. The monoisotopic (exact) mass is 366 g/mol. The third kappa shape index (κ3) is 5.03. The number of para-hydroxylation sites is 1. The fourth-order valence-electron chi connectivity index (χ4n) is 3.02. The maximum absolute atomic E-state index is 12.6. The van der Waals surface area contributed by atoms with Crippen molar-refractivity contribution in [1.82, 2.24) is 0 Å². The molecule has 0 atom stereocenters. The normalized spacial score (nSPS) is 10.6. The molecule has 0 fully saturated rings. The molecule has 0 bridgehead atoms. The van der Waals surface area contributed by atoms with Crippen molar-refractivity contribution in [3.05, 3.63) is 59.2 Å². The van der Waals surface area contributed by atoms with Crippen LogP contribution >= 0.6 is 0 Å². The molecule has 0 aliphatic rings. The number of Topliss-reactive ketones (excluding diaryl/α,β-unsaturated/α-hetero) is 1. The number of carbonyl (C=O) groups is 3. The van der Waals surface area contributed by atoms with Crippen molar-refractivity contribution in [3.63, 3.8) is 0 Å². The van der Waals surface area contributed by atoms with E-state index in [0.29, 0.717) is 11.3 Å². The smallest absolute Gasteiger partial charge is 0.244 e. The molecule has 0 aromatic heterocycles. The van der Waals surface area contributed by atoms with Gasteiger partial charge >= 0.3 is 0 Å². The maximum Gasteiger partial charge on any atom is 0.244 e. The zero-order valence-corrected chi connectivity index (χ0v) is 16.5. The molecule has 2 rings (SSSR count). The Kier molecular flexibility index (Phi) is 6.50. The van der Waals surface area contributed by atoms with Gasteiger partial charge in [0.15, 0.2) is 5.78 Å². The Morgan fingerprint density at radius 3 is 2.30 bits per heavy atom. The van der Waals surface area contributed by atoms with Gasteiger partial charge in [0.1, 0.15) is 6.54 Å². The second-order valence-corrected chi connectivity index (χ2v) is 6.96. The molecule has 5 heteroatoms. The largest absolute Gasteiger partial charge is 0.325 e. The van der Waals surface area contributed by atoms with E-state index in [-0.39, 0.29) is 30.1 Å². The molecule has 2 amide bonds. The van der Waals surface area contributed by atoms with Gasteiger partial charge in [0.05, 0.1) is 5.69 Å². The molecule has 0 saturated heterocycles. The number of ketones is 1. The van der Waals surface area contributed by atoms with Gasteiger partial charge in [-0.1, -0.05) is 44.2 Å². The second kappa shape index (κ2) is 8.62. The number of carbonyl (C=O) groups excluding carboxylic acids is 3. The summed E-state index contributed by atoms with van der Waals surface area (Å²) in [4.78, 5) is 37.9. The van der Waals surface area contributed by atoms with Crippen LogP contribution in [0.5, 0.6) is 0 Å². The molecule has 2 aromatic rings. The van der Waals surface area contributed by atoms with Crippen molar-refractivity contribution in [2.45, 2.75) is 40.5 Å². The highest BCUT2D eigenvalue weighted by Crippen LogP contribution is 2.31. The standard InChI is InChI=1S/C22H26N2O3/c1-14(2)20-11-6-8-15(3)22(20)24(17(5)26)13-21(27)23-19-10-7-9-18(12-19)16(4)25/h6-12,14H,13H2,1-5H3,(H,23,27). The molecule has 142 valence electrons. The van der Waals surface area contributed by atoms with Gasteiger partial charge in [-0.15, -0.1) is 0 Å². The summed E-state index contributed by atoms with van der Waals surface area (Å²) < 4.78 is 0. The Bertz CT molecular complexity index is 872. The van der Waals surface area contributed by atoms with Crippen LogP contribution in [-0.4, -0.2) is 24.1 Å². The third-order valence-electron chi connectivity index (χ3n) is 4.40. The summed E-state index contributed by atoms with van der Waals surface area (Å²) in [5.41, 5.74) is 3.81. The number of benzene rings is 2. The topological polar surface area (TPSA) is 66.5 Å². The highest BCUT2D eigenvalue weighted by Gasteiger charge is 2.22. The molecule has 0 aliphatic carbocycles. The lowest BCUT2D eigenvalue weighted by molar-refractivity contribution is -0.120. The summed E-state index contributed by atoms with van der Waals surface area (Å²) in [5.74, 6) is -0.363. The minimum Gasteiger partial charge on any atom is -0.325 e. The Morgan fingerprint density at radius 2 is 1.70 bits per heavy atom. The van der Waals surface area contributed by atoms with Crippen molar-refractivity contribution in [1.29, 1.82) is 0 Å². The fraction of sp³-hybridized carbons (Fsp3) is 0.318. The predicted octanol–water partition coefficient (Wildman–Crippen LogP) is 4.31. The van der Waals surface area contributed by atoms with E-state index in [0.717, 1.165) is 16.8 Å². The van der Waals surface area contributed by atoms with E-state index in [1.165, 1.54) is 18.7 Å². The SMILES string of the molecule is CC(=O)c1cccc(NC(=O)CN(C(C)=O)c2c(C)cccc2C(C)C)c1. The third-order valence-corrected chi connectivity index (χ3v) is 4.40. The van der Waals surface area contributed by atoms with E-state index in [9.17, 15) is 14.4 Å². The molecule has 1 N–H and O–H groups in total. The number of hydrogen-bond acceptors (Lipinski definition) is 3. The first-order valence-corrected chi connectivity index (χ1v) is 8.99. The average molecular weight is 366 g/mol. The van der Waals surface area contributed by atoms with Crippen molar-refractivity contribution >= 4 is 29.0 Å². The number of aryl methyl sites for hydroxylation is 1. The maximum atomic E-state index is 12.6. The number of hydrogen-bond donors (Lipinski definition) is 1. The summed E-state index contributed by atoms with van der Waals surface area (Å²) in [6.07, 6.45) is 0. The summed E-state index contributed by atoms with van der Waals surface area (Å²) in [7, 11) is 0. The van der Waals surface area contributed by atoms with Crippen LogP contribution in [0.3, 0.4) is 0 Å². The van der Waals surface area contributed by atoms with Gasteiger partial charge in [0.2, 0.25) is 11.8 Å². The van der Waals surface area contributed by atoms with Crippen LogP contribution in [0.15, 0.2) is 42.5 Å². The molecule has 0 radical (unpaired) electrons. The molecule has 0 heterocycles. The van der Waals surface area contributed by atoms with Crippen molar-refractivity contribution in [2.75, 3.05) is 16.8 Å². The fourth-order valence-corrected chi connectivity index (χ4v) is 3.02. The highest BCUT2D eigenvalue weighted by atomic mass is 16.2. The Hall–Kier alpha value is -2.95. The van der Waals surface area contributed by atoms with Gasteiger partial charge < -0.3 is 10.2 Å². The quantitative estimate of drug-likeness (QED) is 0.775. The lowest BCUT2D eigenvalue weighted by Gasteiger charge is -2.27. The Balaban J connectivity index is 2.27. The van der Waals surface area contributed by atoms with Crippen molar-refractivity contribution < 1.29 is 14.4 Å². The summed E-state index contributed by atoms with van der Waals surface area (Å²) in [5, 5.41) is 2.78. The molecular formula is C22H26N2O3. The first kappa shape index (κ1) is 20.4. The summed E-state index contributed by atoms with van der Waals surface area (Å²) in [6.45, 7) is 8.90. The van der Waals surface area contributed by atoms with Crippen LogP contribution in [0.2, 0.25) is 0 Å². The number of amides is 2. The van der Waals surface area contributed by atoms with Gasteiger partial charge in [-0.2, -0.15) is 0 Å². The molecule has 27 heavy (non-hydrogen) atoms. The Labute approximate surface area is 160 Å². The predicted molar refractivity (Wildman–Crippen MR) is 108 cm³/mol. The van der Waals surface area contributed by atoms with E-state index in [1.54, 1.807) is 24.3 Å². The van der Waals surface area contributed by atoms with Gasteiger partial charge in [-0.25, -0.2) is 0 Å². The molecule has 0 unspecified atom stereocenters. The lowest BCUT2D eigenvalue weighted by atomic mass is 9.97. The number of nitrogens with zero attached hydrogens (tertiary/aromatic N) is 1. The van der Waals surface area contributed by atoms with Crippen molar-refractivity contribution in [3.8, 4) is 0 Å². The second-order valence-electron chi connectivity index (χ2n) is 6.96. The molecule has 0 aliphatic heterocycles. The minimum absolute atomic E-state index is 0.0713. The summed E-state index contributed by atoms with van der Waals surface area (Å²) >= 11 is 0. The van der Waals surface area contributed by atoms with E-state index < -0.39 is 0 Å². The van der Waals surface area contributed by atoms with E-state index >= 15 is 0 Å². The van der Waals surface area contributed by atoms with Crippen LogP contribution in [0.4, 0.5) is 11.4 Å². The first-order valence-electron chi connectivity index (χ1n) is 8.99. The van der Waals surface area contributed by atoms with Crippen LogP contribution in [-0.2, 0) is 9.59 Å². The van der Waals surface area contributed by atoms with E-state index in [2.05, 4.69) is 19.2 Å². The zero-order chi connectivity index (χ0) is 20.1. The molecule has 0 saturated carbocycles. The van der Waals surface area contributed by atoms with Gasteiger partial charge in [-0.3, -0.25) is 14.4 Å². The van der Waals surface area contributed by atoms with E-state index in [4.69, 9.17) is 0 Å². The Morgan fingerprint density at radius 1 is 1.04 bits per heavy atom. The number of nitrogens with one attached hydrogen (secondary N) is 1. The lowest BCUT2D eigenvalue weighted by Crippen LogP contribution is -2.37. The summed E-state index contributed by atoms with van der Waals surface area (Å²) in [6, 6.07) is 12.6. The van der Waals surface area contributed by atoms with Crippen LogP contribution in [0, 0.1) is 6.92 Å². The molecule has 2 aromatic carbocycles. The minimum atomic E-state index is -0.316. The van der Waals surface area contributed by atoms with Crippen molar-refractivity contribution in [2.24, 2.45) is 0 Å².